The fourth-order valence-electron chi connectivity index (χ4n) is 3.00. The van der Waals surface area contributed by atoms with Gasteiger partial charge >= 0.3 is 0 Å². The summed E-state index contributed by atoms with van der Waals surface area (Å²) in [7, 11) is -3.62. The highest BCUT2D eigenvalue weighted by atomic mass is 32.2. The van der Waals surface area contributed by atoms with E-state index in [-0.39, 0.29) is 10.9 Å². The van der Waals surface area contributed by atoms with Gasteiger partial charge in [0.1, 0.15) is 4.90 Å². The molecule has 1 aliphatic heterocycles. The predicted molar refractivity (Wildman–Crippen MR) is 93.5 cm³/mol. The monoisotopic (exact) mass is 349 g/mol. The Kier molecular flexibility index (Phi) is 5.15. The van der Waals surface area contributed by atoms with Gasteiger partial charge in [-0.15, -0.1) is 0 Å². The fourth-order valence-corrected chi connectivity index (χ4v) is 4.41. The number of nitrogens with zero attached hydrogens (tertiary/aromatic N) is 2. The molecule has 1 fully saturated rings. The molecule has 0 amide bonds. The summed E-state index contributed by atoms with van der Waals surface area (Å²) >= 11 is 0. The first kappa shape index (κ1) is 17.3. The molecule has 7 heteroatoms. The molecule has 130 valence electrons. The van der Waals surface area contributed by atoms with E-state index in [0.29, 0.717) is 25.3 Å². The zero-order valence-corrected chi connectivity index (χ0v) is 14.8. The summed E-state index contributed by atoms with van der Waals surface area (Å²) in [5.74, 6) is 0. The molecule has 2 heterocycles. The van der Waals surface area contributed by atoms with E-state index < -0.39 is 10.0 Å². The summed E-state index contributed by atoms with van der Waals surface area (Å²) < 4.78 is 33.7. The molecule has 0 aliphatic carbocycles. The van der Waals surface area contributed by atoms with E-state index in [2.05, 4.69) is 14.6 Å². The van der Waals surface area contributed by atoms with Crippen LogP contribution in [0.25, 0.3) is 10.9 Å². The average Bonchev–Trinajstić information content (AvgIpc) is 2.54. The summed E-state index contributed by atoms with van der Waals surface area (Å²) in [5.41, 5.74) is 1.51. The molecule has 24 heavy (non-hydrogen) atoms. The van der Waals surface area contributed by atoms with Crippen molar-refractivity contribution in [2.24, 2.45) is 0 Å². The number of sulfonamides is 1. The van der Waals surface area contributed by atoms with Crippen molar-refractivity contribution in [2.45, 2.75) is 24.8 Å². The lowest BCUT2D eigenvalue weighted by molar-refractivity contribution is 0.0354. The summed E-state index contributed by atoms with van der Waals surface area (Å²) in [6, 6.07) is 7.00. The first-order valence-electron chi connectivity index (χ1n) is 8.13. The van der Waals surface area contributed by atoms with Gasteiger partial charge in [-0.2, -0.15) is 0 Å². The molecule has 3 rings (SSSR count). The number of fused-ring (bicyclic) bond motifs is 1. The van der Waals surface area contributed by atoms with E-state index in [1.165, 1.54) is 0 Å². The Bertz CT molecular complexity index is 817. The topological polar surface area (TPSA) is 71.5 Å². The van der Waals surface area contributed by atoms with Gasteiger partial charge in [0, 0.05) is 37.3 Å². The Morgan fingerprint density at radius 3 is 2.83 bits per heavy atom. The van der Waals surface area contributed by atoms with Crippen molar-refractivity contribution < 1.29 is 13.2 Å². The Balaban J connectivity index is 1.80. The second kappa shape index (κ2) is 7.14. The molecule has 6 nitrogen and oxygen atoms in total. The molecule has 1 N–H and O–H groups in total. The SMILES string of the molecule is Cc1cnc2c(S(=O)(=O)N[C@H](C)CN3CCOCC3)cccc2c1. The van der Waals surface area contributed by atoms with Gasteiger partial charge in [0.25, 0.3) is 0 Å². The van der Waals surface area contributed by atoms with Crippen LogP contribution in [0, 0.1) is 6.92 Å². The summed E-state index contributed by atoms with van der Waals surface area (Å²) in [5, 5.41) is 0.832. The largest absolute Gasteiger partial charge is 0.379 e. The van der Waals surface area contributed by atoms with Crippen molar-refractivity contribution in [3.63, 3.8) is 0 Å². The Morgan fingerprint density at radius 1 is 1.33 bits per heavy atom. The lowest BCUT2D eigenvalue weighted by atomic mass is 10.2. The normalized spacial score (nSPS) is 17.9. The molecule has 1 atom stereocenters. The number of hydrogen-bond donors (Lipinski definition) is 1. The third-order valence-electron chi connectivity index (χ3n) is 4.09. The van der Waals surface area contributed by atoms with Gasteiger partial charge in [-0.1, -0.05) is 12.1 Å². The number of benzene rings is 1. The predicted octanol–water partition coefficient (Wildman–Crippen LogP) is 1.54. The standard InChI is InChI=1S/C17H23N3O3S/c1-13-10-15-4-3-5-16(17(15)18-11-13)24(21,22)19-14(2)12-20-6-8-23-9-7-20/h3-5,10-11,14,19H,6-9,12H2,1-2H3/t14-/m1/s1. The van der Waals surface area contributed by atoms with E-state index in [1.54, 1.807) is 18.3 Å². The number of rotatable bonds is 5. The van der Waals surface area contributed by atoms with Crippen LogP contribution in [0.5, 0.6) is 0 Å². The fraction of sp³-hybridized carbons (Fsp3) is 0.471. The van der Waals surface area contributed by atoms with Crippen LogP contribution in [-0.2, 0) is 14.8 Å². The van der Waals surface area contributed by atoms with Crippen LogP contribution < -0.4 is 4.72 Å². The minimum Gasteiger partial charge on any atom is -0.379 e. The number of para-hydroxylation sites is 1. The lowest BCUT2D eigenvalue weighted by Crippen LogP contribution is -2.45. The molecule has 1 aromatic heterocycles. The van der Waals surface area contributed by atoms with Crippen molar-refractivity contribution in [1.29, 1.82) is 0 Å². The van der Waals surface area contributed by atoms with Crippen LogP contribution >= 0.6 is 0 Å². The van der Waals surface area contributed by atoms with E-state index >= 15 is 0 Å². The maximum Gasteiger partial charge on any atom is 0.243 e. The number of pyridine rings is 1. The molecule has 0 bridgehead atoms. The Hall–Kier alpha value is -1.54. The third kappa shape index (κ3) is 3.92. The zero-order chi connectivity index (χ0) is 17.2. The van der Waals surface area contributed by atoms with Gasteiger partial charge in [-0.05, 0) is 31.5 Å². The van der Waals surface area contributed by atoms with Crippen LogP contribution in [0.2, 0.25) is 0 Å². The second-order valence-electron chi connectivity index (χ2n) is 6.28. The van der Waals surface area contributed by atoms with Crippen LogP contribution in [0.1, 0.15) is 12.5 Å². The van der Waals surface area contributed by atoms with Crippen molar-refractivity contribution in [1.82, 2.24) is 14.6 Å². The smallest absolute Gasteiger partial charge is 0.243 e. The minimum atomic E-state index is -3.62. The van der Waals surface area contributed by atoms with E-state index in [1.807, 2.05) is 26.0 Å². The maximum atomic E-state index is 12.8. The average molecular weight is 349 g/mol. The van der Waals surface area contributed by atoms with E-state index in [9.17, 15) is 8.42 Å². The molecule has 0 unspecified atom stereocenters. The van der Waals surface area contributed by atoms with Gasteiger partial charge in [0.05, 0.1) is 18.7 Å². The van der Waals surface area contributed by atoms with Crippen molar-refractivity contribution in [3.05, 3.63) is 36.0 Å². The Morgan fingerprint density at radius 2 is 2.08 bits per heavy atom. The molecule has 2 aromatic rings. The van der Waals surface area contributed by atoms with Crippen LogP contribution in [0.4, 0.5) is 0 Å². The Labute approximate surface area is 142 Å². The first-order chi connectivity index (χ1) is 11.5. The van der Waals surface area contributed by atoms with Gasteiger partial charge in [0.2, 0.25) is 10.0 Å². The lowest BCUT2D eigenvalue weighted by Gasteiger charge is -2.29. The molecule has 0 radical (unpaired) electrons. The number of ether oxygens (including phenoxy) is 1. The molecule has 1 aliphatic rings. The van der Waals surface area contributed by atoms with E-state index in [4.69, 9.17) is 4.74 Å². The van der Waals surface area contributed by atoms with Gasteiger partial charge in [0.15, 0.2) is 0 Å². The molecule has 0 saturated carbocycles. The number of aromatic nitrogens is 1. The second-order valence-corrected chi connectivity index (χ2v) is 7.96. The maximum absolute atomic E-state index is 12.8. The van der Waals surface area contributed by atoms with Crippen LogP contribution in [0.15, 0.2) is 35.4 Å². The zero-order valence-electron chi connectivity index (χ0n) is 14.0. The summed E-state index contributed by atoms with van der Waals surface area (Å²) in [6.45, 7) is 7.56. The minimum absolute atomic E-state index is 0.186. The quantitative estimate of drug-likeness (QED) is 0.887. The molecular weight excluding hydrogens is 326 g/mol. The molecule has 1 aromatic carbocycles. The molecular formula is C17H23N3O3S. The highest BCUT2D eigenvalue weighted by Crippen LogP contribution is 2.22. The highest BCUT2D eigenvalue weighted by Gasteiger charge is 2.22. The van der Waals surface area contributed by atoms with Crippen molar-refractivity contribution in [3.8, 4) is 0 Å². The highest BCUT2D eigenvalue weighted by molar-refractivity contribution is 7.89. The van der Waals surface area contributed by atoms with Gasteiger partial charge < -0.3 is 4.74 Å². The third-order valence-corrected chi connectivity index (χ3v) is 5.71. The van der Waals surface area contributed by atoms with Gasteiger partial charge in [-0.3, -0.25) is 9.88 Å². The first-order valence-corrected chi connectivity index (χ1v) is 9.62. The molecule has 0 spiro atoms. The number of morpholine rings is 1. The van der Waals surface area contributed by atoms with E-state index in [0.717, 1.165) is 24.0 Å². The molecule has 1 saturated heterocycles. The van der Waals surface area contributed by atoms with Gasteiger partial charge in [-0.25, -0.2) is 13.1 Å². The van der Waals surface area contributed by atoms with Crippen molar-refractivity contribution >= 4 is 20.9 Å². The number of aryl methyl sites for hydroxylation is 1. The summed E-state index contributed by atoms with van der Waals surface area (Å²) in [6.07, 6.45) is 1.69. The summed E-state index contributed by atoms with van der Waals surface area (Å²) in [4.78, 5) is 6.76. The van der Waals surface area contributed by atoms with Crippen LogP contribution in [-0.4, -0.2) is 57.2 Å². The van der Waals surface area contributed by atoms with Crippen molar-refractivity contribution in [2.75, 3.05) is 32.8 Å². The van der Waals surface area contributed by atoms with Crippen LogP contribution in [0.3, 0.4) is 0 Å². The number of hydrogen-bond acceptors (Lipinski definition) is 5. The number of nitrogens with one attached hydrogen (secondary N) is 1.